The molecule has 0 spiro atoms. The molecule has 1 aromatic heterocycles. The van der Waals surface area contributed by atoms with Crippen LogP contribution in [0.15, 0.2) is 24.3 Å². The van der Waals surface area contributed by atoms with E-state index in [0.29, 0.717) is 12.2 Å². The van der Waals surface area contributed by atoms with E-state index in [9.17, 15) is 0 Å². The minimum absolute atomic E-state index is 0.287. The second-order valence-electron chi connectivity index (χ2n) is 4.27. The Bertz CT molecular complexity index is 579. The van der Waals surface area contributed by atoms with Crippen molar-refractivity contribution < 1.29 is 0 Å². The molecule has 84 valence electrons. The van der Waals surface area contributed by atoms with Crippen LogP contribution >= 0.6 is 0 Å². The molecule has 17 heavy (non-hydrogen) atoms. The molecule has 4 heteroatoms. The first-order chi connectivity index (χ1) is 8.38. The molecule has 1 N–H and O–H groups in total. The van der Waals surface area contributed by atoms with Crippen LogP contribution in [0.2, 0.25) is 0 Å². The zero-order valence-corrected chi connectivity index (χ0v) is 9.35. The van der Waals surface area contributed by atoms with E-state index in [1.807, 2.05) is 0 Å². The molecule has 3 rings (SSSR count). The number of nitrogens with one attached hydrogen (secondary N) is 1. The summed E-state index contributed by atoms with van der Waals surface area (Å²) in [5.74, 6) is 1.77. The Morgan fingerprint density at radius 2 is 2.29 bits per heavy atom. The van der Waals surface area contributed by atoms with Gasteiger partial charge < -0.3 is 0 Å². The molecule has 0 amide bonds. The highest BCUT2D eigenvalue weighted by atomic mass is 15.2. The number of hydrogen-bond donors (Lipinski definition) is 1. The van der Waals surface area contributed by atoms with Crippen LogP contribution in [0.25, 0.3) is 0 Å². The first kappa shape index (κ1) is 10.0. The number of benzene rings is 1. The van der Waals surface area contributed by atoms with Gasteiger partial charge in [0.1, 0.15) is 5.82 Å². The van der Waals surface area contributed by atoms with Gasteiger partial charge in [-0.2, -0.15) is 10.4 Å². The zero-order valence-electron chi connectivity index (χ0n) is 9.35. The summed E-state index contributed by atoms with van der Waals surface area (Å²) >= 11 is 0. The average Bonchev–Trinajstić information content (AvgIpc) is 2.95. The first-order valence-corrected chi connectivity index (χ1v) is 5.74. The minimum atomic E-state index is 0.287. The molecule has 0 aliphatic heterocycles. The number of rotatable bonds is 2. The molecule has 1 aliphatic rings. The van der Waals surface area contributed by atoms with Crippen LogP contribution in [-0.2, 0) is 12.8 Å². The van der Waals surface area contributed by atoms with E-state index in [0.717, 1.165) is 18.7 Å². The Balaban J connectivity index is 1.93. The Hall–Kier alpha value is -2.15. The molecule has 4 nitrogen and oxygen atoms in total. The molecular formula is C13H12N4. The topological polar surface area (TPSA) is 65.4 Å². The molecule has 0 radical (unpaired) electrons. The Morgan fingerprint density at radius 1 is 1.41 bits per heavy atom. The fourth-order valence-corrected chi connectivity index (χ4v) is 2.45. The van der Waals surface area contributed by atoms with E-state index in [2.05, 4.69) is 45.5 Å². The van der Waals surface area contributed by atoms with E-state index >= 15 is 0 Å². The maximum absolute atomic E-state index is 8.61. The summed E-state index contributed by atoms with van der Waals surface area (Å²) in [6.07, 6.45) is 2.44. The largest absolute Gasteiger partial charge is 0.262 e. The third-order valence-electron chi connectivity index (χ3n) is 3.24. The standard InChI is InChI=1S/C13H12N4/c14-8-7-12-15-13(17-16-12)11-6-5-9-3-1-2-4-10(9)11/h1-4,11H,5-7H2,(H,15,16,17). The second-order valence-corrected chi connectivity index (χ2v) is 4.27. The van der Waals surface area contributed by atoms with Gasteiger partial charge in [-0.3, -0.25) is 5.10 Å². The van der Waals surface area contributed by atoms with Crippen LogP contribution in [0, 0.1) is 11.3 Å². The van der Waals surface area contributed by atoms with Crippen molar-refractivity contribution in [1.82, 2.24) is 15.2 Å². The van der Waals surface area contributed by atoms with Gasteiger partial charge in [0.25, 0.3) is 0 Å². The number of aromatic amines is 1. The highest BCUT2D eigenvalue weighted by Gasteiger charge is 2.26. The number of H-pyrrole nitrogens is 1. The maximum atomic E-state index is 8.61. The van der Waals surface area contributed by atoms with E-state index in [-0.39, 0.29) is 5.92 Å². The van der Waals surface area contributed by atoms with Crippen LogP contribution in [0.1, 0.15) is 35.1 Å². The normalized spacial score (nSPS) is 17.7. The summed E-state index contributed by atoms with van der Waals surface area (Å²) in [7, 11) is 0. The van der Waals surface area contributed by atoms with Crippen LogP contribution in [0.4, 0.5) is 0 Å². The van der Waals surface area contributed by atoms with Gasteiger partial charge in [-0.25, -0.2) is 4.98 Å². The summed E-state index contributed by atoms with van der Waals surface area (Å²) in [6.45, 7) is 0. The van der Waals surface area contributed by atoms with Crippen molar-refractivity contribution in [1.29, 1.82) is 5.26 Å². The highest BCUT2D eigenvalue weighted by molar-refractivity contribution is 5.38. The van der Waals surface area contributed by atoms with E-state index in [1.54, 1.807) is 0 Å². The monoisotopic (exact) mass is 224 g/mol. The van der Waals surface area contributed by atoms with Crippen molar-refractivity contribution in [3.05, 3.63) is 47.0 Å². The molecule has 1 heterocycles. The molecule has 1 unspecified atom stereocenters. The van der Waals surface area contributed by atoms with Crippen molar-refractivity contribution in [2.75, 3.05) is 0 Å². The van der Waals surface area contributed by atoms with Crippen molar-refractivity contribution >= 4 is 0 Å². The molecule has 1 atom stereocenters. The Kier molecular flexibility index (Phi) is 2.37. The quantitative estimate of drug-likeness (QED) is 0.847. The predicted molar refractivity (Wildman–Crippen MR) is 62.3 cm³/mol. The molecule has 0 saturated heterocycles. The van der Waals surface area contributed by atoms with Crippen LogP contribution in [0.5, 0.6) is 0 Å². The summed E-state index contributed by atoms with van der Waals surface area (Å²) in [4.78, 5) is 4.39. The van der Waals surface area contributed by atoms with Crippen LogP contribution in [0.3, 0.4) is 0 Å². The third kappa shape index (κ3) is 1.70. The SMILES string of the molecule is N#CCc1nc(C2CCc3ccccc32)n[nH]1. The molecule has 2 aromatic rings. The summed E-state index contributed by atoms with van der Waals surface area (Å²) < 4.78 is 0. The van der Waals surface area contributed by atoms with Gasteiger partial charge in [-0.15, -0.1) is 0 Å². The maximum Gasteiger partial charge on any atom is 0.158 e. The van der Waals surface area contributed by atoms with Crippen molar-refractivity contribution in [2.24, 2.45) is 0 Å². The number of nitriles is 1. The van der Waals surface area contributed by atoms with E-state index < -0.39 is 0 Å². The molecular weight excluding hydrogens is 212 g/mol. The average molecular weight is 224 g/mol. The summed E-state index contributed by atoms with van der Waals surface area (Å²) in [5.41, 5.74) is 2.72. The lowest BCUT2D eigenvalue weighted by atomic mass is 10.0. The second kappa shape index (κ2) is 4.02. The van der Waals surface area contributed by atoms with E-state index in [1.165, 1.54) is 11.1 Å². The highest BCUT2D eigenvalue weighted by Crippen LogP contribution is 2.36. The lowest BCUT2D eigenvalue weighted by Crippen LogP contribution is -1.98. The van der Waals surface area contributed by atoms with Gasteiger partial charge in [-0.05, 0) is 24.0 Å². The number of aromatic nitrogens is 3. The molecule has 0 saturated carbocycles. The summed E-state index contributed by atoms with van der Waals surface area (Å²) in [5, 5.41) is 15.7. The van der Waals surface area contributed by atoms with Crippen molar-refractivity contribution in [3.63, 3.8) is 0 Å². The fourth-order valence-electron chi connectivity index (χ4n) is 2.45. The van der Waals surface area contributed by atoms with Gasteiger partial charge >= 0.3 is 0 Å². The van der Waals surface area contributed by atoms with Gasteiger partial charge in [-0.1, -0.05) is 24.3 Å². The fraction of sp³-hybridized carbons (Fsp3) is 0.308. The van der Waals surface area contributed by atoms with Gasteiger partial charge in [0.05, 0.1) is 12.5 Å². The smallest absolute Gasteiger partial charge is 0.158 e. The number of nitrogens with zero attached hydrogens (tertiary/aromatic N) is 3. The number of fused-ring (bicyclic) bond motifs is 1. The molecule has 0 fully saturated rings. The molecule has 0 bridgehead atoms. The lowest BCUT2D eigenvalue weighted by Gasteiger charge is -2.05. The molecule has 1 aromatic carbocycles. The van der Waals surface area contributed by atoms with Crippen LogP contribution < -0.4 is 0 Å². The summed E-state index contributed by atoms with van der Waals surface area (Å²) in [6, 6.07) is 10.5. The number of aryl methyl sites for hydroxylation is 1. The van der Waals surface area contributed by atoms with Gasteiger partial charge in [0, 0.05) is 5.92 Å². The third-order valence-corrected chi connectivity index (χ3v) is 3.24. The van der Waals surface area contributed by atoms with Gasteiger partial charge in [0.15, 0.2) is 5.82 Å². The van der Waals surface area contributed by atoms with Crippen LogP contribution in [-0.4, -0.2) is 15.2 Å². The Labute approximate surface area is 99.3 Å². The number of hydrogen-bond acceptors (Lipinski definition) is 3. The zero-order chi connectivity index (χ0) is 11.7. The molecule has 1 aliphatic carbocycles. The van der Waals surface area contributed by atoms with Gasteiger partial charge in [0.2, 0.25) is 0 Å². The minimum Gasteiger partial charge on any atom is -0.262 e. The lowest BCUT2D eigenvalue weighted by molar-refractivity contribution is 0.733. The Morgan fingerprint density at radius 3 is 3.18 bits per heavy atom. The van der Waals surface area contributed by atoms with Crippen molar-refractivity contribution in [2.45, 2.75) is 25.2 Å². The van der Waals surface area contributed by atoms with E-state index in [4.69, 9.17) is 5.26 Å². The first-order valence-electron chi connectivity index (χ1n) is 5.74. The predicted octanol–water partition coefficient (Wildman–Crippen LogP) is 1.95. The van der Waals surface area contributed by atoms with Crippen molar-refractivity contribution in [3.8, 4) is 6.07 Å².